The molecule has 0 bridgehead atoms. The van der Waals surface area contributed by atoms with Gasteiger partial charge in [0.15, 0.2) is 6.61 Å². The highest BCUT2D eigenvalue weighted by Gasteiger charge is 2.09. The van der Waals surface area contributed by atoms with Crippen molar-refractivity contribution in [2.45, 2.75) is 0 Å². The Kier molecular flexibility index (Phi) is 7.96. The van der Waals surface area contributed by atoms with E-state index in [0.717, 1.165) is 0 Å². The number of hydrogen-bond donors (Lipinski definition) is 2. The first-order valence-electron chi connectivity index (χ1n) is 9.37. The van der Waals surface area contributed by atoms with Crippen molar-refractivity contribution in [3.8, 4) is 5.75 Å². The molecule has 0 aromatic heterocycles. The number of halogens is 2. The second-order valence-electron chi connectivity index (χ2n) is 6.53. The van der Waals surface area contributed by atoms with E-state index in [0.29, 0.717) is 27.0 Å². The van der Waals surface area contributed by atoms with E-state index in [4.69, 9.17) is 27.9 Å². The number of hydrazone groups is 1. The van der Waals surface area contributed by atoms with Gasteiger partial charge in [-0.1, -0.05) is 23.2 Å². The number of benzene rings is 3. The van der Waals surface area contributed by atoms with Crippen molar-refractivity contribution >= 4 is 52.6 Å². The maximum Gasteiger partial charge on any atom is 0.271 e. The summed E-state index contributed by atoms with van der Waals surface area (Å²) >= 11 is 11.9. The molecule has 3 rings (SSSR count). The quantitative estimate of drug-likeness (QED) is 0.271. The predicted octanol–water partition coefficient (Wildman–Crippen LogP) is 4.68. The molecule has 0 saturated carbocycles. The molecule has 0 unspecified atom stereocenters. The fourth-order valence-corrected chi connectivity index (χ4v) is 2.88. The molecule has 9 nitrogen and oxygen atoms in total. The number of anilines is 1. The number of carbonyl (C=O) groups is 2. The minimum atomic E-state index is -0.547. The average Bonchev–Trinajstić information content (AvgIpc) is 2.81. The van der Waals surface area contributed by atoms with Crippen LogP contribution in [0.15, 0.2) is 71.8 Å². The van der Waals surface area contributed by atoms with E-state index in [9.17, 15) is 19.7 Å². The van der Waals surface area contributed by atoms with Gasteiger partial charge in [-0.25, -0.2) is 5.43 Å². The summed E-state index contributed by atoms with van der Waals surface area (Å²) in [7, 11) is 0. The van der Waals surface area contributed by atoms with Crippen molar-refractivity contribution < 1.29 is 19.2 Å². The lowest BCUT2D eigenvalue weighted by Crippen LogP contribution is -2.20. The van der Waals surface area contributed by atoms with Crippen LogP contribution in [0.5, 0.6) is 5.75 Å². The van der Waals surface area contributed by atoms with Gasteiger partial charge in [0.2, 0.25) is 0 Å². The normalized spacial score (nSPS) is 10.6. The van der Waals surface area contributed by atoms with Gasteiger partial charge in [0, 0.05) is 22.7 Å². The van der Waals surface area contributed by atoms with E-state index in [1.807, 2.05) is 0 Å². The van der Waals surface area contributed by atoms with Crippen molar-refractivity contribution in [2.24, 2.45) is 5.10 Å². The smallest absolute Gasteiger partial charge is 0.271 e. The zero-order valence-electron chi connectivity index (χ0n) is 16.8. The maximum atomic E-state index is 12.1. The number of hydrogen-bond acceptors (Lipinski definition) is 6. The fourth-order valence-electron chi connectivity index (χ4n) is 2.54. The third kappa shape index (κ3) is 7.03. The second-order valence-corrected chi connectivity index (χ2v) is 7.38. The molecule has 2 amide bonds. The summed E-state index contributed by atoms with van der Waals surface area (Å²) < 4.78 is 5.44. The number of nitrogens with one attached hydrogen (secondary N) is 2. The van der Waals surface area contributed by atoms with Crippen LogP contribution in [0, 0.1) is 10.1 Å². The molecule has 0 aliphatic heterocycles. The third-order valence-electron chi connectivity index (χ3n) is 4.17. The van der Waals surface area contributed by atoms with Gasteiger partial charge in [-0.2, -0.15) is 5.10 Å². The standard InChI is InChI=1S/C22H16Cl2N4O5/c23-16-5-10-19(24)20(11-16)26-21(29)13-33-18-8-1-14(2-9-18)12-25-27-22(30)15-3-6-17(7-4-15)28(31)32/h1-12H,13H2,(H,26,29)(H,27,30)/b25-12-. The molecule has 0 radical (unpaired) electrons. The fraction of sp³-hybridized carbons (Fsp3) is 0.0455. The molecule has 0 saturated heterocycles. The lowest BCUT2D eigenvalue weighted by molar-refractivity contribution is -0.384. The number of ether oxygens (including phenoxy) is 1. The first-order valence-corrected chi connectivity index (χ1v) is 10.1. The summed E-state index contributed by atoms with van der Waals surface area (Å²) in [5.41, 5.74) is 3.52. The zero-order valence-corrected chi connectivity index (χ0v) is 18.3. The first kappa shape index (κ1) is 23.7. The Bertz CT molecular complexity index is 1200. The van der Waals surface area contributed by atoms with Crippen molar-refractivity contribution in [3.05, 3.63) is 98.0 Å². The van der Waals surface area contributed by atoms with Crippen LogP contribution < -0.4 is 15.5 Å². The average molecular weight is 487 g/mol. The first-order chi connectivity index (χ1) is 15.8. The highest BCUT2D eigenvalue weighted by Crippen LogP contribution is 2.25. The van der Waals surface area contributed by atoms with Crippen LogP contribution in [0.1, 0.15) is 15.9 Å². The van der Waals surface area contributed by atoms with Crippen molar-refractivity contribution in [1.29, 1.82) is 0 Å². The van der Waals surface area contributed by atoms with Gasteiger partial charge in [0.05, 0.1) is 21.8 Å². The van der Waals surface area contributed by atoms with Crippen molar-refractivity contribution in [3.63, 3.8) is 0 Å². The molecule has 168 valence electrons. The molecule has 2 N–H and O–H groups in total. The van der Waals surface area contributed by atoms with E-state index in [1.165, 1.54) is 36.5 Å². The van der Waals surface area contributed by atoms with Crippen molar-refractivity contribution in [1.82, 2.24) is 5.43 Å². The van der Waals surface area contributed by atoms with Gasteiger partial charge in [-0.3, -0.25) is 19.7 Å². The van der Waals surface area contributed by atoms with Gasteiger partial charge in [-0.05, 0) is 60.2 Å². The minimum Gasteiger partial charge on any atom is -0.484 e. The zero-order chi connectivity index (χ0) is 23.8. The van der Waals surface area contributed by atoms with E-state index in [1.54, 1.807) is 36.4 Å². The van der Waals surface area contributed by atoms with E-state index in [2.05, 4.69) is 15.8 Å². The van der Waals surface area contributed by atoms with E-state index < -0.39 is 16.7 Å². The molecule has 33 heavy (non-hydrogen) atoms. The molecule has 0 fully saturated rings. The summed E-state index contributed by atoms with van der Waals surface area (Å²) in [6, 6.07) is 16.5. The number of non-ortho nitro benzene ring substituents is 1. The number of amides is 2. The van der Waals surface area contributed by atoms with Crippen LogP contribution >= 0.6 is 23.2 Å². The molecule has 3 aromatic rings. The van der Waals surface area contributed by atoms with E-state index in [-0.39, 0.29) is 17.9 Å². The summed E-state index contributed by atoms with van der Waals surface area (Å²) in [6.45, 7) is -0.235. The summed E-state index contributed by atoms with van der Waals surface area (Å²) in [5, 5.41) is 17.9. The van der Waals surface area contributed by atoms with Crippen LogP contribution in [-0.2, 0) is 4.79 Å². The number of carbonyl (C=O) groups excluding carboxylic acids is 2. The highest BCUT2D eigenvalue weighted by atomic mass is 35.5. The molecular weight excluding hydrogens is 471 g/mol. The lowest BCUT2D eigenvalue weighted by atomic mass is 10.2. The number of rotatable bonds is 8. The second kappa shape index (κ2) is 11.1. The molecule has 0 atom stereocenters. The summed E-state index contributed by atoms with van der Waals surface area (Å²) in [5.74, 6) is -0.458. The van der Waals surface area contributed by atoms with Gasteiger partial charge >= 0.3 is 0 Å². The van der Waals surface area contributed by atoms with Gasteiger partial charge in [0.1, 0.15) is 5.75 Å². The Labute approximate surface area is 198 Å². The topological polar surface area (TPSA) is 123 Å². The summed E-state index contributed by atoms with van der Waals surface area (Å²) in [6.07, 6.45) is 1.42. The summed E-state index contributed by atoms with van der Waals surface area (Å²) in [4.78, 5) is 34.2. The molecule has 0 spiro atoms. The Balaban J connectivity index is 1.48. The van der Waals surface area contributed by atoms with Crippen LogP contribution in [0.25, 0.3) is 0 Å². The van der Waals surface area contributed by atoms with Gasteiger partial charge in [0.25, 0.3) is 17.5 Å². The molecule has 3 aromatic carbocycles. The van der Waals surface area contributed by atoms with Gasteiger partial charge < -0.3 is 10.1 Å². The number of nitro groups is 1. The third-order valence-corrected chi connectivity index (χ3v) is 4.74. The Morgan fingerprint density at radius 1 is 1.03 bits per heavy atom. The van der Waals surface area contributed by atoms with Crippen LogP contribution in [0.2, 0.25) is 10.0 Å². The molecule has 0 aliphatic rings. The highest BCUT2D eigenvalue weighted by molar-refractivity contribution is 6.35. The van der Waals surface area contributed by atoms with Crippen LogP contribution in [-0.4, -0.2) is 29.6 Å². The van der Waals surface area contributed by atoms with Crippen LogP contribution in [0.4, 0.5) is 11.4 Å². The van der Waals surface area contributed by atoms with Crippen LogP contribution in [0.3, 0.4) is 0 Å². The molecule has 11 heteroatoms. The Hall–Kier alpha value is -3.95. The van der Waals surface area contributed by atoms with Crippen molar-refractivity contribution in [2.75, 3.05) is 11.9 Å². The SMILES string of the molecule is O=C(COc1ccc(/C=N\NC(=O)c2ccc([N+](=O)[O-])cc2)cc1)Nc1cc(Cl)ccc1Cl. The Morgan fingerprint density at radius 3 is 2.39 bits per heavy atom. The largest absolute Gasteiger partial charge is 0.484 e. The van der Waals surface area contributed by atoms with Gasteiger partial charge in [-0.15, -0.1) is 0 Å². The monoisotopic (exact) mass is 486 g/mol. The maximum absolute atomic E-state index is 12.1. The molecular formula is C22H16Cl2N4O5. The number of nitro benzene ring substituents is 1. The number of nitrogens with zero attached hydrogens (tertiary/aromatic N) is 2. The minimum absolute atomic E-state index is 0.108. The predicted molar refractivity (Wildman–Crippen MR) is 125 cm³/mol. The molecule has 0 aliphatic carbocycles. The molecule has 0 heterocycles. The van der Waals surface area contributed by atoms with E-state index >= 15 is 0 Å². The lowest BCUT2D eigenvalue weighted by Gasteiger charge is -2.09. The Morgan fingerprint density at radius 2 is 1.73 bits per heavy atom.